The number of hydrogen-bond acceptors (Lipinski definition) is 10. The predicted molar refractivity (Wildman–Crippen MR) is 167 cm³/mol. The van der Waals surface area contributed by atoms with E-state index in [1.165, 1.54) is 0 Å². The third kappa shape index (κ3) is 4.46. The fraction of sp³-hybridized carbons (Fsp3) is 0.263. The highest BCUT2D eigenvalue weighted by molar-refractivity contribution is 6.19. The Labute approximate surface area is 275 Å². The average Bonchev–Trinajstić information content (AvgIpc) is 3.90. The summed E-state index contributed by atoms with van der Waals surface area (Å²) in [7, 11) is 0. The topological polar surface area (TPSA) is 124 Å². The largest absolute Gasteiger partial charge is 0.460 e. The molecule has 0 amide bonds. The van der Waals surface area contributed by atoms with Crippen molar-refractivity contribution in [3.63, 3.8) is 0 Å². The second kappa shape index (κ2) is 11.6. The molecule has 4 aromatic carbocycles. The lowest BCUT2D eigenvalue weighted by Gasteiger charge is -2.34. The van der Waals surface area contributed by atoms with Crippen LogP contribution in [-0.4, -0.2) is 37.1 Å². The summed E-state index contributed by atoms with van der Waals surface area (Å²) in [4.78, 5) is 58.2. The average molecular weight is 647 g/mol. The SMILES string of the molecule is O=C1C[C@H]2[C@H](CC(=O)[C@]2(C(=O)OCc2ccccc2)c2ccc3c(c2)OCO3)[C@@]1(C(=O)OCc1ccccc1)c1ccc2c(c1)OCO2. The molecule has 48 heavy (non-hydrogen) atoms. The number of ketones is 2. The van der Waals surface area contributed by atoms with Crippen molar-refractivity contribution in [3.05, 3.63) is 119 Å². The summed E-state index contributed by atoms with van der Waals surface area (Å²) in [5, 5.41) is 0. The zero-order valence-electron chi connectivity index (χ0n) is 25.7. The van der Waals surface area contributed by atoms with Gasteiger partial charge in [-0.2, -0.15) is 0 Å². The van der Waals surface area contributed by atoms with Crippen LogP contribution in [0.25, 0.3) is 0 Å². The van der Waals surface area contributed by atoms with Gasteiger partial charge in [-0.25, -0.2) is 0 Å². The molecule has 4 atom stereocenters. The van der Waals surface area contributed by atoms with Crippen molar-refractivity contribution < 1.29 is 47.6 Å². The van der Waals surface area contributed by atoms with E-state index in [0.717, 1.165) is 11.1 Å². The molecule has 10 nitrogen and oxygen atoms in total. The maximum atomic E-state index is 14.6. The highest BCUT2D eigenvalue weighted by Crippen LogP contribution is 2.62. The molecule has 4 aliphatic rings. The van der Waals surface area contributed by atoms with Crippen molar-refractivity contribution in [2.24, 2.45) is 11.8 Å². The number of esters is 2. The van der Waals surface area contributed by atoms with E-state index >= 15 is 0 Å². The van der Waals surface area contributed by atoms with Gasteiger partial charge in [0, 0.05) is 12.8 Å². The second-order valence-corrected chi connectivity index (χ2v) is 12.3. The Bertz CT molecular complexity index is 1800. The van der Waals surface area contributed by atoms with Gasteiger partial charge in [0.15, 0.2) is 45.4 Å². The van der Waals surface area contributed by atoms with Gasteiger partial charge in [0.25, 0.3) is 0 Å². The molecule has 2 aliphatic carbocycles. The number of carbonyl (C=O) groups is 4. The molecule has 0 spiro atoms. The molecule has 0 unspecified atom stereocenters. The summed E-state index contributed by atoms with van der Waals surface area (Å²) in [6.45, 7) is -0.194. The van der Waals surface area contributed by atoms with Crippen molar-refractivity contribution in [1.82, 2.24) is 0 Å². The molecule has 10 heteroatoms. The Balaban J connectivity index is 1.25. The van der Waals surface area contributed by atoms with Crippen LogP contribution < -0.4 is 18.9 Å². The van der Waals surface area contributed by atoms with Crippen molar-refractivity contribution in [3.8, 4) is 23.0 Å². The third-order valence-electron chi connectivity index (χ3n) is 10.0. The zero-order valence-corrected chi connectivity index (χ0v) is 25.7. The minimum absolute atomic E-state index is 0.0107. The Morgan fingerprint density at radius 3 is 1.38 bits per heavy atom. The summed E-state index contributed by atoms with van der Waals surface area (Å²) in [5.41, 5.74) is -1.73. The van der Waals surface area contributed by atoms with Crippen LogP contribution in [0.2, 0.25) is 0 Å². The lowest BCUT2D eigenvalue weighted by atomic mass is 9.67. The van der Waals surface area contributed by atoms with Crippen LogP contribution in [0.15, 0.2) is 97.1 Å². The molecular weight excluding hydrogens is 616 g/mol. The van der Waals surface area contributed by atoms with E-state index in [9.17, 15) is 19.2 Å². The Morgan fingerprint density at radius 1 is 0.562 bits per heavy atom. The van der Waals surface area contributed by atoms with Gasteiger partial charge in [-0.05, 0) is 58.4 Å². The smallest absolute Gasteiger partial charge is 0.324 e. The van der Waals surface area contributed by atoms with E-state index in [1.807, 2.05) is 60.7 Å². The maximum absolute atomic E-state index is 14.6. The van der Waals surface area contributed by atoms with Gasteiger partial charge in [-0.3, -0.25) is 19.2 Å². The zero-order chi connectivity index (χ0) is 32.9. The minimum Gasteiger partial charge on any atom is -0.460 e. The normalized spacial score (nSPS) is 24.8. The molecule has 2 saturated carbocycles. The Kier molecular flexibility index (Phi) is 7.16. The van der Waals surface area contributed by atoms with Gasteiger partial charge in [-0.1, -0.05) is 72.8 Å². The van der Waals surface area contributed by atoms with Crippen molar-refractivity contribution in [1.29, 1.82) is 0 Å². The predicted octanol–water partition coefficient (Wildman–Crippen LogP) is 4.98. The minimum atomic E-state index is -1.91. The highest BCUT2D eigenvalue weighted by atomic mass is 16.7. The first-order chi connectivity index (χ1) is 23.4. The number of ether oxygens (including phenoxy) is 6. The number of Topliss-reactive ketones (excluding diaryl/α,β-unsaturated/α-hetero) is 2. The highest BCUT2D eigenvalue weighted by Gasteiger charge is 2.74. The third-order valence-corrected chi connectivity index (χ3v) is 10.0. The molecule has 4 aromatic rings. The van der Waals surface area contributed by atoms with E-state index in [0.29, 0.717) is 34.1 Å². The summed E-state index contributed by atoms with van der Waals surface area (Å²) < 4.78 is 34.1. The fourth-order valence-corrected chi connectivity index (χ4v) is 7.80. The standard InChI is InChI=1S/C38H30O10/c39-33-18-28-27(37(33,25-11-13-29-31(15-25)47-21-45-29)35(41)43-19-23-7-3-1-4-8-23)17-34(40)38(28,26-12-14-30-32(16-26)48-22-46-30)36(42)44-20-24-9-5-2-6-10-24/h1-16,27-28H,17-22H2/t27-,28-,37-,38-/m0/s1. The van der Waals surface area contributed by atoms with Crippen LogP contribution in [-0.2, 0) is 52.7 Å². The number of fused-ring (bicyclic) bond motifs is 3. The van der Waals surface area contributed by atoms with Crippen LogP contribution in [0.1, 0.15) is 35.1 Å². The Morgan fingerprint density at radius 2 is 0.958 bits per heavy atom. The summed E-state index contributed by atoms with van der Waals surface area (Å²) in [6.07, 6.45) is -0.500. The molecule has 2 heterocycles. The molecule has 0 bridgehead atoms. The first-order valence-electron chi connectivity index (χ1n) is 15.7. The molecule has 0 N–H and O–H groups in total. The molecule has 8 rings (SSSR count). The molecule has 0 aromatic heterocycles. The van der Waals surface area contributed by atoms with Gasteiger partial charge >= 0.3 is 11.9 Å². The second-order valence-electron chi connectivity index (χ2n) is 12.3. The monoisotopic (exact) mass is 646 g/mol. The lowest BCUT2D eigenvalue weighted by Crippen LogP contribution is -2.48. The molecule has 2 fully saturated rings. The summed E-state index contributed by atoms with van der Waals surface area (Å²) in [5.74, 6) is -2.70. The van der Waals surface area contributed by atoms with Gasteiger partial charge in [-0.15, -0.1) is 0 Å². The first-order valence-corrected chi connectivity index (χ1v) is 15.7. The van der Waals surface area contributed by atoms with Gasteiger partial charge in [0.05, 0.1) is 0 Å². The molecule has 0 saturated heterocycles. The fourth-order valence-electron chi connectivity index (χ4n) is 7.80. The van der Waals surface area contributed by atoms with Crippen molar-refractivity contribution in [2.45, 2.75) is 36.9 Å². The molecular formula is C38H30O10. The quantitative estimate of drug-likeness (QED) is 0.191. The van der Waals surface area contributed by atoms with E-state index < -0.39 is 46.2 Å². The van der Waals surface area contributed by atoms with Gasteiger partial charge in [0.2, 0.25) is 13.6 Å². The van der Waals surface area contributed by atoms with Crippen LogP contribution in [0, 0.1) is 11.8 Å². The van der Waals surface area contributed by atoms with E-state index in [-0.39, 0.29) is 39.6 Å². The first kappa shape index (κ1) is 29.7. The van der Waals surface area contributed by atoms with Crippen LogP contribution in [0.4, 0.5) is 0 Å². The molecule has 242 valence electrons. The number of carbonyl (C=O) groups excluding carboxylic acids is 4. The Hall–Kier alpha value is -5.64. The number of hydrogen-bond donors (Lipinski definition) is 0. The molecule has 0 radical (unpaired) electrons. The van der Waals surface area contributed by atoms with E-state index in [4.69, 9.17) is 28.4 Å². The van der Waals surface area contributed by atoms with Crippen LogP contribution in [0.3, 0.4) is 0 Å². The van der Waals surface area contributed by atoms with E-state index in [1.54, 1.807) is 36.4 Å². The number of benzene rings is 4. The van der Waals surface area contributed by atoms with Crippen LogP contribution >= 0.6 is 0 Å². The summed E-state index contributed by atoms with van der Waals surface area (Å²) >= 11 is 0. The maximum Gasteiger partial charge on any atom is 0.324 e. The number of rotatable bonds is 8. The lowest BCUT2D eigenvalue weighted by molar-refractivity contribution is -0.158. The van der Waals surface area contributed by atoms with Gasteiger partial charge in [0.1, 0.15) is 13.2 Å². The molecule has 2 aliphatic heterocycles. The van der Waals surface area contributed by atoms with Gasteiger partial charge < -0.3 is 28.4 Å². The summed E-state index contributed by atoms with van der Waals surface area (Å²) in [6, 6.07) is 28.0. The van der Waals surface area contributed by atoms with Crippen molar-refractivity contribution >= 4 is 23.5 Å². The van der Waals surface area contributed by atoms with Crippen molar-refractivity contribution in [2.75, 3.05) is 13.6 Å². The van der Waals surface area contributed by atoms with E-state index in [2.05, 4.69) is 0 Å². The van der Waals surface area contributed by atoms with Crippen LogP contribution in [0.5, 0.6) is 23.0 Å².